The predicted octanol–water partition coefficient (Wildman–Crippen LogP) is 4.48. The fraction of sp³-hybridized carbons (Fsp3) is 0.143. The van der Waals surface area contributed by atoms with Crippen molar-refractivity contribution in [3.63, 3.8) is 0 Å². The fourth-order valence-electron chi connectivity index (χ4n) is 1.78. The van der Waals surface area contributed by atoms with Gasteiger partial charge >= 0.3 is 0 Å². The van der Waals surface area contributed by atoms with E-state index in [-0.39, 0.29) is 11.1 Å². The molecule has 1 atom stereocenters. The standard InChI is InChI=1S/C14H12BrClFN/c15-11-3-1-2-9(6-11)7-14(18)10-4-5-13(17)12(16)8-10/h1-6,8,14H,7,18H2. The first-order valence-electron chi connectivity index (χ1n) is 5.51. The van der Waals surface area contributed by atoms with Crippen LogP contribution in [0.1, 0.15) is 17.2 Å². The summed E-state index contributed by atoms with van der Waals surface area (Å²) in [4.78, 5) is 0. The molecular weight excluding hydrogens is 317 g/mol. The Balaban J connectivity index is 2.16. The van der Waals surface area contributed by atoms with E-state index in [1.165, 1.54) is 6.07 Å². The second-order valence-corrected chi connectivity index (χ2v) is 5.44. The van der Waals surface area contributed by atoms with E-state index < -0.39 is 5.82 Å². The Bertz CT molecular complexity index is 559. The summed E-state index contributed by atoms with van der Waals surface area (Å²) in [5, 5.41) is 0.109. The Hall–Kier alpha value is -0.900. The normalized spacial score (nSPS) is 12.4. The Labute approximate surface area is 119 Å². The molecule has 18 heavy (non-hydrogen) atoms. The van der Waals surface area contributed by atoms with Crippen LogP contribution >= 0.6 is 27.5 Å². The number of hydrogen-bond donors (Lipinski definition) is 1. The van der Waals surface area contributed by atoms with Gasteiger partial charge in [-0.15, -0.1) is 0 Å². The maximum atomic E-state index is 13.1. The van der Waals surface area contributed by atoms with Gasteiger partial charge in [0.1, 0.15) is 5.82 Å². The van der Waals surface area contributed by atoms with Gasteiger partial charge in [0.05, 0.1) is 5.02 Å². The molecule has 0 heterocycles. The lowest BCUT2D eigenvalue weighted by atomic mass is 10.00. The summed E-state index contributed by atoms with van der Waals surface area (Å²) in [6.07, 6.45) is 0.682. The second-order valence-electron chi connectivity index (χ2n) is 4.11. The third-order valence-electron chi connectivity index (χ3n) is 2.72. The maximum absolute atomic E-state index is 13.1. The number of nitrogens with two attached hydrogens (primary N) is 1. The highest BCUT2D eigenvalue weighted by atomic mass is 79.9. The molecule has 0 aliphatic rings. The lowest BCUT2D eigenvalue weighted by Gasteiger charge is -2.13. The molecule has 2 aromatic carbocycles. The third kappa shape index (κ3) is 3.31. The fourth-order valence-corrected chi connectivity index (χ4v) is 2.41. The lowest BCUT2D eigenvalue weighted by Crippen LogP contribution is -2.13. The molecular formula is C14H12BrClFN. The smallest absolute Gasteiger partial charge is 0.141 e. The molecule has 0 spiro atoms. The Morgan fingerprint density at radius 3 is 2.67 bits per heavy atom. The quantitative estimate of drug-likeness (QED) is 0.883. The van der Waals surface area contributed by atoms with Gasteiger partial charge < -0.3 is 5.73 Å². The van der Waals surface area contributed by atoms with Crippen LogP contribution in [0.4, 0.5) is 4.39 Å². The Kier molecular flexibility index (Phi) is 4.38. The third-order valence-corrected chi connectivity index (χ3v) is 3.50. The van der Waals surface area contributed by atoms with Gasteiger partial charge in [0.25, 0.3) is 0 Å². The van der Waals surface area contributed by atoms with E-state index in [0.29, 0.717) is 6.42 Å². The van der Waals surface area contributed by atoms with Crippen LogP contribution in [-0.2, 0) is 6.42 Å². The van der Waals surface area contributed by atoms with E-state index in [4.69, 9.17) is 17.3 Å². The molecule has 0 fully saturated rings. The first kappa shape index (κ1) is 13.5. The molecule has 0 saturated heterocycles. The molecule has 0 aromatic heterocycles. The van der Waals surface area contributed by atoms with E-state index in [9.17, 15) is 4.39 Å². The van der Waals surface area contributed by atoms with Gasteiger partial charge in [-0.2, -0.15) is 0 Å². The van der Waals surface area contributed by atoms with E-state index in [1.807, 2.05) is 24.3 Å². The van der Waals surface area contributed by atoms with Crippen molar-refractivity contribution in [2.75, 3.05) is 0 Å². The highest BCUT2D eigenvalue weighted by Gasteiger charge is 2.09. The molecule has 94 valence electrons. The van der Waals surface area contributed by atoms with Gasteiger partial charge in [-0.05, 0) is 41.8 Å². The van der Waals surface area contributed by atoms with Gasteiger partial charge in [0, 0.05) is 10.5 Å². The summed E-state index contributed by atoms with van der Waals surface area (Å²) in [6.45, 7) is 0. The van der Waals surface area contributed by atoms with Crippen molar-refractivity contribution in [2.45, 2.75) is 12.5 Å². The SMILES string of the molecule is NC(Cc1cccc(Br)c1)c1ccc(F)c(Cl)c1. The molecule has 2 rings (SSSR count). The molecule has 0 radical (unpaired) electrons. The van der Waals surface area contributed by atoms with Crippen LogP contribution in [0, 0.1) is 5.82 Å². The average molecular weight is 329 g/mol. The van der Waals surface area contributed by atoms with Crippen molar-refractivity contribution in [1.29, 1.82) is 0 Å². The van der Waals surface area contributed by atoms with Gasteiger partial charge in [-0.3, -0.25) is 0 Å². The molecule has 0 amide bonds. The summed E-state index contributed by atoms with van der Waals surface area (Å²) in [5.74, 6) is -0.421. The molecule has 1 unspecified atom stereocenters. The predicted molar refractivity (Wildman–Crippen MR) is 76.2 cm³/mol. The zero-order chi connectivity index (χ0) is 13.1. The highest BCUT2D eigenvalue weighted by Crippen LogP contribution is 2.23. The molecule has 2 N–H and O–H groups in total. The monoisotopic (exact) mass is 327 g/mol. The summed E-state index contributed by atoms with van der Waals surface area (Å²) >= 11 is 9.17. The van der Waals surface area contributed by atoms with Gasteiger partial charge in [-0.1, -0.05) is 45.7 Å². The average Bonchev–Trinajstić information content (AvgIpc) is 2.32. The topological polar surface area (TPSA) is 26.0 Å². The molecule has 1 nitrogen and oxygen atoms in total. The zero-order valence-corrected chi connectivity index (χ0v) is 11.9. The van der Waals surface area contributed by atoms with E-state index >= 15 is 0 Å². The number of halogens is 3. The van der Waals surface area contributed by atoms with Crippen molar-refractivity contribution >= 4 is 27.5 Å². The van der Waals surface area contributed by atoms with Crippen molar-refractivity contribution in [3.05, 3.63) is 68.9 Å². The minimum Gasteiger partial charge on any atom is -0.324 e. The van der Waals surface area contributed by atoms with Crippen LogP contribution in [-0.4, -0.2) is 0 Å². The number of benzene rings is 2. The summed E-state index contributed by atoms with van der Waals surface area (Å²) in [5.41, 5.74) is 8.06. The van der Waals surface area contributed by atoms with E-state index in [0.717, 1.165) is 15.6 Å². The minimum atomic E-state index is -0.421. The van der Waals surface area contributed by atoms with Crippen molar-refractivity contribution in [2.24, 2.45) is 5.73 Å². The molecule has 0 aliphatic carbocycles. The second kappa shape index (κ2) is 5.83. The summed E-state index contributed by atoms with van der Waals surface area (Å²) in [6, 6.07) is 12.4. The molecule has 2 aromatic rings. The maximum Gasteiger partial charge on any atom is 0.141 e. The van der Waals surface area contributed by atoms with Gasteiger partial charge in [-0.25, -0.2) is 4.39 Å². The molecule has 0 aliphatic heterocycles. The summed E-state index contributed by atoms with van der Waals surface area (Å²) in [7, 11) is 0. The number of hydrogen-bond acceptors (Lipinski definition) is 1. The van der Waals surface area contributed by atoms with Gasteiger partial charge in [0.2, 0.25) is 0 Å². The van der Waals surface area contributed by atoms with Crippen molar-refractivity contribution in [1.82, 2.24) is 0 Å². The largest absolute Gasteiger partial charge is 0.324 e. The van der Waals surface area contributed by atoms with Crippen molar-refractivity contribution < 1.29 is 4.39 Å². The Morgan fingerprint density at radius 1 is 1.22 bits per heavy atom. The number of rotatable bonds is 3. The van der Waals surface area contributed by atoms with E-state index in [1.54, 1.807) is 12.1 Å². The summed E-state index contributed by atoms with van der Waals surface area (Å²) < 4.78 is 14.1. The lowest BCUT2D eigenvalue weighted by molar-refractivity contribution is 0.625. The van der Waals surface area contributed by atoms with E-state index in [2.05, 4.69) is 15.9 Å². The van der Waals surface area contributed by atoms with Gasteiger partial charge in [0.15, 0.2) is 0 Å². The van der Waals surface area contributed by atoms with Crippen LogP contribution < -0.4 is 5.73 Å². The van der Waals surface area contributed by atoms with Crippen molar-refractivity contribution in [3.8, 4) is 0 Å². The molecule has 4 heteroatoms. The molecule has 0 bridgehead atoms. The van der Waals surface area contributed by atoms with Crippen LogP contribution in [0.25, 0.3) is 0 Å². The van der Waals surface area contributed by atoms with Crippen LogP contribution in [0.15, 0.2) is 46.9 Å². The Morgan fingerprint density at radius 2 is 2.00 bits per heavy atom. The molecule has 0 saturated carbocycles. The minimum absolute atomic E-state index is 0.109. The van der Waals surface area contributed by atoms with Crippen LogP contribution in [0.3, 0.4) is 0 Å². The first-order chi connectivity index (χ1) is 8.56. The zero-order valence-electron chi connectivity index (χ0n) is 9.54. The highest BCUT2D eigenvalue weighted by molar-refractivity contribution is 9.10. The van der Waals surface area contributed by atoms with Crippen LogP contribution in [0.2, 0.25) is 5.02 Å². The van der Waals surface area contributed by atoms with Crippen LogP contribution in [0.5, 0.6) is 0 Å². The first-order valence-corrected chi connectivity index (χ1v) is 6.68.